The van der Waals surface area contributed by atoms with Gasteiger partial charge in [-0.25, -0.2) is 8.78 Å². The van der Waals surface area contributed by atoms with Gasteiger partial charge in [0.1, 0.15) is 11.6 Å². The second-order valence-electron chi connectivity index (χ2n) is 5.04. The van der Waals surface area contributed by atoms with Crippen LogP contribution in [0.5, 0.6) is 0 Å². The Kier molecular flexibility index (Phi) is 3.46. The Bertz CT molecular complexity index is 610. The van der Waals surface area contributed by atoms with Gasteiger partial charge < -0.3 is 0 Å². The zero-order chi connectivity index (χ0) is 14.1. The molecule has 5 heteroatoms. The van der Waals surface area contributed by atoms with Crippen LogP contribution in [0.4, 0.5) is 8.78 Å². The molecular formula is C15H15F2N3. The van der Waals surface area contributed by atoms with Gasteiger partial charge in [-0.05, 0) is 42.2 Å². The minimum absolute atomic E-state index is 0.0254. The number of nitrogens with zero attached hydrogens (tertiary/aromatic N) is 1. The number of hydrazine groups is 1. The minimum Gasteiger partial charge on any atom is -0.271 e. The third-order valence-corrected chi connectivity index (χ3v) is 3.83. The molecule has 0 fully saturated rings. The van der Waals surface area contributed by atoms with Crippen LogP contribution in [-0.2, 0) is 6.42 Å². The van der Waals surface area contributed by atoms with Crippen molar-refractivity contribution < 1.29 is 8.78 Å². The van der Waals surface area contributed by atoms with Crippen molar-refractivity contribution in [2.24, 2.45) is 5.84 Å². The van der Waals surface area contributed by atoms with E-state index < -0.39 is 11.6 Å². The van der Waals surface area contributed by atoms with Gasteiger partial charge in [0.05, 0.1) is 6.04 Å². The zero-order valence-electron chi connectivity index (χ0n) is 10.8. The summed E-state index contributed by atoms with van der Waals surface area (Å²) in [6.07, 6.45) is 3.50. The van der Waals surface area contributed by atoms with Crippen molar-refractivity contribution >= 4 is 0 Å². The number of hydrogen-bond donors (Lipinski definition) is 2. The van der Waals surface area contributed by atoms with Crippen LogP contribution >= 0.6 is 0 Å². The lowest BCUT2D eigenvalue weighted by Gasteiger charge is -2.23. The van der Waals surface area contributed by atoms with E-state index in [0.717, 1.165) is 24.6 Å². The van der Waals surface area contributed by atoms with E-state index in [2.05, 4.69) is 10.4 Å². The molecule has 0 bridgehead atoms. The highest BCUT2D eigenvalue weighted by Gasteiger charge is 2.31. The highest BCUT2D eigenvalue weighted by atomic mass is 19.1. The molecule has 3 N–H and O–H groups in total. The lowest BCUT2D eigenvalue weighted by atomic mass is 9.91. The molecule has 0 saturated heterocycles. The van der Waals surface area contributed by atoms with E-state index in [1.807, 2.05) is 12.1 Å². The molecule has 0 aliphatic heterocycles. The zero-order valence-corrected chi connectivity index (χ0v) is 10.8. The predicted molar refractivity (Wildman–Crippen MR) is 71.7 cm³/mol. The molecule has 1 aliphatic rings. The summed E-state index contributed by atoms with van der Waals surface area (Å²) in [4.78, 5) is 4.40. The minimum atomic E-state index is -0.598. The molecule has 1 aromatic heterocycles. The average molecular weight is 275 g/mol. The Morgan fingerprint density at radius 3 is 2.70 bits per heavy atom. The third kappa shape index (κ3) is 2.30. The summed E-state index contributed by atoms with van der Waals surface area (Å²) in [5.74, 6) is 4.45. The number of halogens is 2. The van der Waals surface area contributed by atoms with Crippen molar-refractivity contribution in [3.63, 3.8) is 0 Å². The molecule has 0 amide bonds. The first kappa shape index (κ1) is 13.1. The average Bonchev–Trinajstić information content (AvgIpc) is 2.83. The predicted octanol–water partition coefficient (Wildman–Crippen LogP) is 2.59. The van der Waals surface area contributed by atoms with E-state index in [0.29, 0.717) is 5.56 Å². The molecule has 1 heterocycles. The van der Waals surface area contributed by atoms with Crippen LogP contribution in [0.3, 0.4) is 0 Å². The van der Waals surface area contributed by atoms with E-state index in [4.69, 9.17) is 5.84 Å². The van der Waals surface area contributed by atoms with Crippen LogP contribution in [-0.4, -0.2) is 4.98 Å². The summed E-state index contributed by atoms with van der Waals surface area (Å²) >= 11 is 0. The monoisotopic (exact) mass is 275 g/mol. The van der Waals surface area contributed by atoms with E-state index in [-0.39, 0.29) is 12.0 Å². The molecule has 2 atom stereocenters. The number of rotatable bonds is 3. The molecule has 1 aromatic carbocycles. The molecule has 3 nitrogen and oxygen atoms in total. The quantitative estimate of drug-likeness (QED) is 0.668. The second kappa shape index (κ2) is 5.26. The SMILES string of the molecule is NNC(c1cc(F)cc(F)c1)C1CCc2cccnc21. The van der Waals surface area contributed by atoms with Gasteiger partial charge in [0.25, 0.3) is 0 Å². The van der Waals surface area contributed by atoms with Crippen LogP contribution < -0.4 is 11.3 Å². The number of nitrogens with one attached hydrogen (secondary N) is 1. The lowest BCUT2D eigenvalue weighted by Crippen LogP contribution is -2.32. The largest absolute Gasteiger partial charge is 0.271 e. The molecule has 3 rings (SSSR count). The maximum absolute atomic E-state index is 13.4. The number of aryl methyl sites for hydroxylation is 1. The Morgan fingerprint density at radius 1 is 1.25 bits per heavy atom. The van der Waals surface area contributed by atoms with E-state index in [9.17, 15) is 8.78 Å². The van der Waals surface area contributed by atoms with E-state index >= 15 is 0 Å². The third-order valence-electron chi connectivity index (χ3n) is 3.83. The molecular weight excluding hydrogens is 260 g/mol. The van der Waals surface area contributed by atoms with Gasteiger partial charge in [-0.2, -0.15) is 0 Å². The number of aromatic nitrogens is 1. The first-order valence-electron chi connectivity index (χ1n) is 6.55. The van der Waals surface area contributed by atoms with Crippen molar-refractivity contribution in [1.29, 1.82) is 0 Å². The topological polar surface area (TPSA) is 50.9 Å². The number of nitrogens with two attached hydrogens (primary N) is 1. The van der Waals surface area contributed by atoms with E-state index in [1.54, 1.807) is 6.20 Å². The fourth-order valence-corrected chi connectivity index (χ4v) is 2.97. The number of pyridine rings is 1. The Labute approximate surface area is 115 Å². The normalized spacial score (nSPS) is 18.9. The highest BCUT2D eigenvalue weighted by Crippen LogP contribution is 2.40. The van der Waals surface area contributed by atoms with Crippen LogP contribution in [0.15, 0.2) is 36.5 Å². The van der Waals surface area contributed by atoms with Crippen molar-refractivity contribution in [2.75, 3.05) is 0 Å². The lowest BCUT2D eigenvalue weighted by molar-refractivity contribution is 0.441. The molecule has 104 valence electrons. The van der Waals surface area contributed by atoms with Gasteiger partial charge in [0.2, 0.25) is 0 Å². The van der Waals surface area contributed by atoms with Crippen LogP contribution in [0.1, 0.15) is 35.2 Å². The second-order valence-corrected chi connectivity index (χ2v) is 5.04. The maximum Gasteiger partial charge on any atom is 0.126 e. The smallest absolute Gasteiger partial charge is 0.126 e. The van der Waals surface area contributed by atoms with Gasteiger partial charge >= 0.3 is 0 Å². The Balaban J connectivity index is 1.99. The van der Waals surface area contributed by atoms with E-state index in [1.165, 1.54) is 17.7 Å². The Hall–Kier alpha value is -1.85. The molecule has 0 radical (unpaired) electrons. The van der Waals surface area contributed by atoms with Crippen molar-refractivity contribution in [3.8, 4) is 0 Å². The van der Waals surface area contributed by atoms with Gasteiger partial charge in [-0.3, -0.25) is 16.3 Å². The summed E-state index contributed by atoms with van der Waals surface area (Å²) < 4.78 is 26.8. The number of fused-ring (bicyclic) bond motifs is 1. The van der Waals surface area contributed by atoms with Crippen molar-refractivity contribution in [2.45, 2.75) is 24.8 Å². The molecule has 0 saturated carbocycles. The van der Waals surface area contributed by atoms with Crippen molar-refractivity contribution in [1.82, 2.24) is 10.4 Å². The maximum atomic E-state index is 13.4. The van der Waals surface area contributed by atoms with Gasteiger partial charge in [0, 0.05) is 23.9 Å². The fraction of sp³-hybridized carbons (Fsp3) is 0.267. The van der Waals surface area contributed by atoms with Gasteiger partial charge in [-0.1, -0.05) is 6.07 Å². The molecule has 2 aromatic rings. The first-order chi connectivity index (χ1) is 9.69. The summed E-state index contributed by atoms with van der Waals surface area (Å²) in [7, 11) is 0. The highest BCUT2D eigenvalue weighted by molar-refractivity contribution is 5.33. The number of benzene rings is 1. The van der Waals surface area contributed by atoms with Crippen LogP contribution in [0.2, 0.25) is 0 Å². The summed E-state index contributed by atoms with van der Waals surface area (Å²) in [6.45, 7) is 0. The molecule has 20 heavy (non-hydrogen) atoms. The summed E-state index contributed by atoms with van der Waals surface area (Å²) in [5, 5.41) is 0. The van der Waals surface area contributed by atoms with Crippen LogP contribution in [0, 0.1) is 11.6 Å². The standard InChI is InChI=1S/C15H15F2N3/c16-11-6-10(7-12(17)8-11)15(20-18)13-4-3-9-2-1-5-19-14(9)13/h1-2,5-8,13,15,20H,3-4,18H2. The fourth-order valence-electron chi connectivity index (χ4n) is 2.97. The molecule has 2 unspecified atom stereocenters. The first-order valence-corrected chi connectivity index (χ1v) is 6.55. The van der Waals surface area contributed by atoms with Gasteiger partial charge in [-0.15, -0.1) is 0 Å². The van der Waals surface area contributed by atoms with Crippen LogP contribution in [0.25, 0.3) is 0 Å². The van der Waals surface area contributed by atoms with Crippen molar-refractivity contribution in [3.05, 3.63) is 65.0 Å². The molecule has 0 spiro atoms. The summed E-state index contributed by atoms with van der Waals surface area (Å²) in [5.41, 5.74) is 5.32. The number of hydrogen-bond acceptors (Lipinski definition) is 3. The molecule has 1 aliphatic carbocycles. The Morgan fingerprint density at radius 2 is 2.00 bits per heavy atom. The summed E-state index contributed by atoms with van der Waals surface area (Å²) in [6, 6.07) is 7.06. The van der Waals surface area contributed by atoms with Gasteiger partial charge in [0.15, 0.2) is 0 Å².